The lowest BCUT2D eigenvalue weighted by Gasteiger charge is -2.26. The normalized spacial score (nSPS) is 13.4. The van der Waals surface area contributed by atoms with Crippen LogP contribution in [0, 0.1) is 0 Å². The van der Waals surface area contributed by atoms with Crippen molar-refractivity contribution in [1.29, 1.82) is 0 Å². The van der Waals surface area contributed by atoms with Crippen molar-refractivity contribution in [3.63, 3.8) is 0 Å². The molecular weight excluding hydrogens is 318 g/mol. The molecule has 0 aromatic carbocycles. The highest BCUT2D eigenvalue weighted by atomic mass is 32.1. The van der Waals surface area contributed by atoms with Gasteiger partial charge in [-0.15, -0.1) is 11.3 Å². The molecule has 0 unspecified atom stereocenters. The molecule has 1 aromatic heterocycles. The number of hydrogen-bond acceptors (Lipinski definition) is 5. The number of hydrogen-bond donors (Lipinski definition) is 2. The zero-order valence-electron chi connectivity index (χ0n) is 13.3. The molecule has 2 rings (SSSR count). The van der Waals surface area contributed by atoms with Crippen LogP contribution in [0.4, 0.5) is 9.80 Å². The summed E-state index contributed by atoms with van der Waals surface area (Å²) in [7, 11) is 0. The molecule has 0 atom stereocenters. The van der Waals surface area contributed by atoms with Gasteiger partial charge in [0, 0.05) is 17.8 Å². The first kappa shape index (κ1) is 17.3. The Labute approximate surface area is 138 Å². The van der Waals surface area contributed by atoms with E-state index in [1.165, 1.54) is 11.3 Å². The topological polar surface area (TPSA) is 102 Å². The number of ether oxygens (including phenoxy) is 1. The predicted octanol–water partition coefficient (Wildman–Crippen LogP) is 2.10. The van der Waals surface area contributed by atoms with E-state index in [9.17, 15) is 14.4 Å². The summed E-state index contributed by atoms with van der Waals surface area (Å²) in [5, 5.41) is 3.24. The maximum atomic E-state index is 11.8. The zero-order chi connectivity index (χ0) is 17.0. The highest BCUT2D eigenvalue weighted by Gasteiger charge is 2.29. The summed E-state index contributed by atoms with van der Waals surface area (Å²) in [6.45, 7) is 4.81. The fourth-order valence-electron chi connectivity index (χ4n) is 2.54. The number of nitrogens with one attached hydrogen (secondary N) is 1. The Kier molecular flexibility index (Phi) is 5.59. The van der Waals surface area contributed by atoms with Crippen molar-refractivity contribution in [2.75, 3.05) is 18.5 Å². The highest BCUT2D eigenvalue weighted by molar-refractivity contribution is 7.17. The molecule has 0 saturated carbocycles. The van der Waals surface area contributed by atoms with E-state index in [1.54, 1.807) is 11.8 Å². The summed E-state index contributed by atoms with van der Waals surface area (Å²) < 4.78 is 5.01. The van der Waals surface area contributed by atoms with E-state index >= 15 is 0 Å². The second kappa shape index (κ2) is 7.45. The fourth-order valence-corrected chi connectivity index (χ4v) is 3.82. The van der Waals surface area contributed by atoms with E-state index in [4.69, 9.17) is 10.5 Å². The summed E-state index contributed by atoms with van der Waals surface area (Å²) in [5.74, 6) is -0.699. The molecule has 0 bridgehead atoms. The van der Waals surface area contributed by atoms with Crippen LogP contribution < -0.4 is 11.1 Å². The van der Waals surface area contributed by atoms with Crippen molar-refractivity contribution in [3.05, 3.63) is 16.0 Å². The molecule has 3 N–H and O–H groups in total. The number of nitrogens with zero attached hydrogens (tertiary/aromatic N) is 1. The zero-order valence-corrected chi connectivity index (χ0v) is 14.1. The molecule has 1 aromatic rings. The van der Waals surface area contributed by atoms with E-state index in [0.717, 1.165) is 16.9 Å². The second-order valence-electron chi connectivity index (χ2n) is 5.24. The van der Waals surface area contributed by atoms with Gasteiger partial charge >= 0.3 is 6.09 Å². The van der Waals surface area contributed by atoms with Crippen molar-refractivity contribution in [2.45, 2.75) is 39.7 Å². The number of carbonyl (C=O) groups is 3. The van der Waals surface area contributed by atoms with Crippen molar-refractivity contribution in [1.82, 2.24) is 4.90 Å². The minimum absolute atomic E-state index is 0.143. The maximum absolute atomic E-state index is 11.8. The van der Waals surface area contributed by atoms with Gasteiger partial charge in [-0.2, -0.15) is 0 Å². The van der Waals surface area contributed by atoms with Gasteiger partial charge in [-0.25, -0.2) is 4.79 Å². The summed E-state index contributed by atoms with van der Waals surface area (Å²) in [6, 6.07) is 0. The summed E-state index contributed by atoms with van der Waals surface area (Å²) >= 11 is 1.30. The van der Waals surface area contributed by atoms with Gasteiger partial charge in [0.2, 0.25) is 5.91 Å². The molecule has 1 aliphatic heterocycles. The molecule has 7 nitrogen and oxygen atoms in total. The van der Waals surface area contributed by atoms with Crippen LogP contribution in [-0.4, -0.2) is 36.0 Å². The number of thiophene rings is 1. The Hall–Kier alpha value is -2.09. The molecule has 0 spiro atoms. The third-order valence-corrected chi connectivity index (χ3v) is 4.69. The Morgan fingerprint density at radius 1 is 1.35 bits per heavy atom. The van der Waals surface area contributed by atoms with Gasteiger partial charge in [-0.3, -0.25) is 9.59 Å². The standard InChI is InChI=1S/C15H21N3O4S/c1-3-5-11(19)17-14-12(13(16)20)9-6-7-18(8-10(9)23-14)15(21)22-4-2/h3-8H2,1-2H3,(H2,16,20)(H,17,19). The van der Waals surface area contributed by atoms with Gasteiger partial charge < -0.3 is 20.7 Å². The number of primary amides is 1. The number of carbonyl (C=O) groups excluding carboxylic acids is 3. The minimum atomic E-state index is -0.557. The van der Waals surface area contributed by atoms with Gasteiger partial charge in [0.05, 0.1) is 18.7 Å². The Balaban J connectivity index is 2.26. The summed E-state index contributed by atoms with van der Waals surface area (Å²) in [6.07, 6.45) is 1.26. The van der Waals surface area contributed by atoms with E-state index < -0.39 is 5.91 Å². The molecule has 3 amide bonds. The van der Waals surface area contributed by atoms with Crippen LogP contribution in [-0.2, 0) is 22.5 Å². The molecule has 1 aliphatic rings. The van der Waals surface area contributed by atoms with E-state index in [0.29, 0.717) is 43.1 Å². The molecule has 23 heavy (non-hydrogen) atoms. The fraction of sp³-hybridized carbons (Fsp3) is 0.533. The Morgan fingerprint density at radius 3 is 2.70 bits per heavy atom. The van der Waals surface area contributed by atoms with Crippen LogP contribution >= 0.6 is 11.3 Å². The smallest absolute Gasteiger partial charge is 0.410 e. The third-order valence-electron chi connectivity index (χ3n) is 3.56. The van der Waals surface area contributed by atoms with Crippen LogP contribution in [0.25, 0.3) is 0 Å². The van der Waals surface area contributed by atoms with Gasteiger partial charge in [0.1, 0.15) is 5.00 Å². The van der Waals surface area contributed by atoms with Crippen LogP contribution in [0.2, 0.25) is 0 Å². The number of anilines is 1. The van der Waals surface area contributed by atoms with Gasteiger partial charge in [-0.1, -0.05) is 6.92 Å². The molecule has 0 fully saturated rings. The maximum Gasteiger partial charge on any atom is 0.410 e. The Bertz CT molecular complexity index is 626. The van der Waals surface area contributed by atoms with Gasteiger partial charge in [0.15, 0.2) is 0 Å². The predicted molar refractivity (Wildman–Crippen MR) is 87.5 cm³/mol. The van der Waals surface area contributed by atoms with Crippen molar-refractivity contribution >= 4 is 34.2 Å². The lowest BCUT2D eigenvalue weighted by atomic mass is 10.0. The number of rotatable bonds is 5. The van der Waals surface area contributed by atoms with Crippen LogP contribution in [0.3, 0.4) is 0 Å². The monoisotopic (exact) mass is 339 g/mol. The molecule has 0 radical (unpaired) electrons. The minimum Gasteiger partial charge on any atom is -0.450 e. The van der Waals surface area contributed by atoms with E-state index in [-0.39, 0.29) is 12.0 Å². The lowest BCUT2D eigenvalue weighted by molar-refractivity contribution is -0.116. The molecule has 0 saturated heterocycles. The quantitative estimate of drug-likeness (QED) is 0.857. The molecule has 126 valence electrons. The molecule has 8 heteroatoms. The Morgan fingerprint density at radius 2 is 2.09 bits per heavy atom. The molecule has 0 aliphatic carbocycles. The average Bonchev–Trinajstić information content (AvgIpc) is 2.84. The summed E-state index contributed by atoms with van der Waals surface area (Å²) in [5.41, 5.74) is 6.69. The first-order valence-corrected chi connectivity index (χ1v) is 8.45. The SMILES string of the molecule is CCCC(=O)Nc1sc2c(c1C(N)=O)CCN(C(=O)OCC)C2. The largest absolute Gasteiger partial charge is 0.450 e. The lowest BCUT2D eigenvalue weighted by Crippen LogP contribution is -2.36. The molecular formula is C15H21N3O4S. The van der Waals surface area contributed by atoms with E-state index in [2.05, 4.69) is 5.32 Å². The number of fused-ring (bicyclic) bond motifs is 1. The summed E-state index contributed by atoms with van der Waals surface area (Å²) in [4.78, 5) is 37.9. The number of nitrogens with two attached hydrogens (primary N) is 1. The number of amides is 3. The van der Waals surface area contributed by atoms with Crippen LogP contribution in [0.15, 0.2) is 0 Å². The van der Waals surface area contributed by atoms with Gasteiger partial charge in [0.25, 0.3) is 5.91 Å². The first-order chi connectivity index (χ1) is 11.0. The van der Waals surface area contributed by atoms with Crippen molar-refractivity contribution in [3.8, 4) is 0 Å². The second-order valence-corrected chi connectivity index (χ2v) is 6.35. The highest BCUT2D eigenvalue weighted by Crippen LogP contribution is 2.37. The van der Waals surface area contributed by atoms with Gasteiger partial charge in [-0.05, 0) is 25.3 Å². The average molecular weight is 339 g/mol. The van der Waals surface area contributed by atoms with Crippen LogP contribution in [0.5, 0.6) is 0 Å². The van der Waals surface area contributed by atoms with Crippen LogP contribution in [0.1, 0.15) is 47.5 Å². The van der Waals surface area contributed by atoms with E-state index in [1.807, 2.05) is 6.92 Å². The van der Waals surface area contributed by atoms with Crippen molar-refractivity contribution in [2.24, 2.45) is 5.73 Å². The first-order valence-electron chi connectivity index (χ1n) is 7.63. The van der Waals surface area contributed by atoms with Crippen molar-refractivity contribution < 1.29 is 19.1 Å². The third kappa shape index (κ3) is 3.82. The molecule has 2 heterocycles.